The Morgan fingerprint density at radius 1 is 0.729 bits per heavy atom. The van der Waals surface area contributed by atoms with Crippen LogP contribution < -0.4 is 10.6 Å². The van der Waals surface area contributed by atoms with E-state index in [1.165, 1.54) is 0 Å². The molecule has 2 aromatic rings. The van der Waals surface area contributed by atoms with Gasteiger partial charge in [-0.3, -0.25) is 9.59 Å². The van der Waals surface area contributed by atoms with Crippen LogP contribution >= 0.6 is 0 Å². The number of esters is 1. The van der Waals surface area contributed by atoms with Crippen molar-refractivity contribution >= 4 is 23.9 Å². The van der Waals surface area contributed by atoms with Crippen LogP contribution in [0.1, 0.15) is 118 Å². The molecule has 0 aromatic heterocycles. The monoisotopic (exact) mass is 665 g/mol. The minimum atomic E-state index is -1.07. The lowest BCUT2D eigenvalue weighted by atomic mass is 9.98. The first-order chi connectivity index (χ1) is 22.5. The summed E-state index contributed by atoms with van der Waals surface area (Å²) >= 11 is 0. The van der Waals surface area contributed by atoms with E-state index in [0.29, 0.717) is 18.4 Å². The highest BCUT2D eigenvalue weighted by molar-refractivity contribution is 5.94. The zero-order valence-electron chi connectivity index (χ0n) is 30.6. The molecule has 0 aliphatic heterocycles. The summed E-state index contributed by atoms with van der Waals surface area (Å²) in [6.07, 6.45) is 4.56. The number of hydrogen-bond donors (Lipinski definition) is 2. The molecule has 0 spiro atoms. The smallest absolute Gasteiger partial charge is 0.408 e. The number of ether oxygens (including phenoxy) is 2. The number of amides is 3. The molecule has 3 atom stereocenters. The molecular formula is C39H59N3O6. The van der Waals surface area contributed by atoms with Crippen LogP contribution in [0.15, 0.2) is 60.7 Å². The fraction of sp³-hybridized carbons (Fsp3) is 0.590. The van der Waals surface area contributed by atoms with Gasteiger partial charge in [0.1, 0.15) is 29.3 Å². The van der Waals surface area contributed by atoms with Gasteiger partial charge in [-0.25, -0.2) is 9.59 Å². The highest BCUT2D eigenvalue weighted by Gasteiger charge is 2.38. The van der Waals surface area contributed by atoms with Crippen molar-refractivity contribution in [1.29, 1.82) is 0 Å². The maximum Gasteiger partial charge on any atom is 0.408 e. The topological polar surface area (TPSA) is 114 Å². The third-order valence-corrected chi connectivity index (χ3v) is 7.45. The predicted molar refractivity (Wildman–Crippen MR) is 190 cm³/mol. The summed E-state index contributed by atoms with van der Waals surface area (Å²) in [6.45, 7) is 17.0. The number of unbranched alkanes of at least 4 members (excludes halogenated alkanes) is 4. The van der Waals surface area contributed by atoms with Crippen molar-refractivity contribution in [2.24, 2.45) is 5.92 Å². The number of carbonyl (C=O) groups excluding carboxylic acids is 4. The summed E-state index contributed by atoms with van der Waals surface area (Å²) in [4.78, 5) is 57.2. The largest absolute Gasteiger partial charge is 0.458 e. The van der Waals surface area contributed by atoms with E-state index in [1.54, 1.807) is 58.6 Å². The molecule has 3 unspecified atom stereocenters. The summed E-state index contributed by atoms with van der Waals surface area (Å²) in [5, 5.41) is 5.77. The second-order valence-corrected chi connectivity index (χ2v) is 14.9. The summed E-state index contributed by atoms with van der Waals surface area (Å²) in [7, 11) is 0. The Bertz CT molecular complexity index is 1280. The molecule has 0 fully saturated rings. The Hall–Kier alpha value is -3.88. The maximum absolute atomic E-state index is 14.6. The van der Waals surface area contributed by atoms with Crippen molar-refractivity contribution in [3.63, 3.8) is 0 Å². The highest BCUT2D eigenvalue weighted by atomic mass is 16.6. The average Bonchev–Trinajstić information content (AvgIpc) is 2.98. The van der Waals surface area contributed by atoms with Crippen molar-refractivity contribution in [3.8, 4) is 0 Å². The second-order valence-electron chi connectivity index (χ2n) is 14.9. The maximum atomic E-state index is 14.6. The first kappa shape index (κ1) is 40.3. The summed E-state index contributed by atoms with van der Waals surface area (Å²) < 4.78 is 11.3. The second kappa shape index (κ2) is 19.2. The van der Waals surface area contributed by atoms with Gasteiger partial charge in [0.2, 0.25) is 11.8 Å². The molecule has 0 aliphatic carbocycles. The van der Waals surface area contributed by atoms with Crippen LogP contribution in [0.25, 0.3) is 0 Å². The van der Waals surface area contributed by atoms with E-state index in [4.69, 9.17) is 9.47 Å². The minimum Gasteiger partial charge on any atom is -0.458 e. The molecule has 0 radical (unpaired) electrons. The van der Waals surface area contributed by atoms with Crippen LogP contribution in [-0.2, 0) is 30.3 Å². The molecule has 9 nitrogen and oxygen atoms in total. The summed E-state index contributed by atoms with van der Waals surface area (Å²) in [5.74, 6) is -1.39. The van der Waals surface area contributed by atoms with Crippen molar-refractivity contribution < 1.29 is 28.7 Å². The van der Waals surface area contributed by atoms with Gasteiger partial charge in [0, 0.05) is 13.0 Å². The Morgan fingerprint density at radius 2 is 1.29 bits per heavy atom. The van der Waals surface area contributed by atoms with Gasteiger partial charge in [-0.15, -0.1) is 0 Å². The Morgan fingerprint density at radius 3 is 1.83 bits per heavy atom. The normalized spacial score (nSPS) is 13.6. The van der Waals surface area contributed by atoms with Gasteiger partial charge in [-0.05, 0) is 71.4 Å². The lowest BCUT2D eigenvalue weighted by molar-refractivity contribution is -0.159. The predicted octanol–water partition coefficient (Wildman–Crippen LogP) is 7.54. The fourth-order valence-electron chi connectivity index (χ4n) is 5.37. The van der Waals surface area contributed by atoms with Crippen LogP contribution in [0, 0.1) is 5.92 Å². The average molecular weight is 666 g/mol. The molecule has 2 aromatic carbocycles. The molecular weight excluding hydrogens is 606 g/mol. The first-order valence-electron chi connectivity index (χ1n) is 17.4. The van der Waals surface area contributed by atoms with Crippen molar-refractivity contribution in [3.05, 3.63) is 71.8 Å². The van der Waals surface area contributed by atoms with Gasteiger partial charge in [-0.1, -0.05) is 107 Å². The first-order valence-corrected chi connectivity index (χ1v) is 17.4. The molecule has 3 amide bonds. The van der Waals surface area contributed by atoms with E-state index in [9.17, 15) is 19.2 Å². The fourth-order valence-corrected chi connectivity index (χ4v) is 5.37. The molecule has 0 saturated heterocycles. The van der Waals surface area contributed by atoms with Crippen LogP contribution in [0.2, 0.25) is 0 Å². The van der Waals surface area contributed by atoms with E-state index < -0.39 is 47.3 Å². The van der Waals surface area contributed by atoms with E-state index in [1.807, 2.05) is 62.4 Å². The van der Waals surface area contributed by atoms with Crippen molar-refractivity contribution in [2.75, 3.05) is 6.54 Å². The van der Waals surface area contributed by atoms with Gasteiger partial charge in [0.15, 0.2) is 0 Å². The summed E-state index contributed by atoms with van der Waals surface area (Å²) in [5.41, 5.74) is -0.0726. The van der Waals surface area contributed by atoms with E-state index in [2.05, 4.69) is 17.6 Å². The van der Waals surface area contributed by atoms with E-state index in [-0.39, 0.29) is 24.8 Å². The van der Waals surface area contributed by atoms with Gasteiger partial charge in [0.25, 0.3) is 0 Å². The molecule has 48 heavy (non-hydrogen) atoms. The SMILES string of the molecule is CCCCCCCN(C(=O)C(CC(C)C)NC(=O)OC(C)(C)C)C(C(=O)NC(Cc1ccccc1)C(=O)OC(C)(C)C)c1ccccc1. The van der Waals surface area contributed by atoms with Crippen molar-refractivity contribution in [2.45, 2.75) is 137 Å². The number of benzene rings is 2. The van der Waals surface area contributed by atoms with Gasteiger partial charge < -0.3 is 25.0 Å². The molecule has 266 valence electrons. The molecule has 0 heterocycles. The van der Waals surface area contributed by atoms with Crippen LogP contribution in [0.4, 0.5) is 4.79 Å². The molecule has 2 rings (SSSR count). The number of hydrogen-bond acceptors (Lipinski definition) is 6. The van der Waals surface area contributed by atoms with Crippen molar-refractivity contribution in [1.82, 2.24) is 15.5 Å². The van der Waals surface area contributed by atoms with Crippen LogP contribution in [-0.4, -0.2) is 58.6 Å². The third kappa shape index (κ3) is 14.9. The quantitative estimate of drug-likeness (QED) is 0.133. The minimum absolute atomic E-state index is 0.0618. The Balaban J connectivity index is 2.58. The zero-order chi connectivity index (χ0) is 35.9. The standard InChI is InChI=1S/C39H59N3O6/c1-10-11-12-13-20-25-42(35(44)31(26-28(2)3)41-37(46)48-39(7,8)9)33(30-23-18-15-19-24-30)34(43)40-32(36(45)47-38(4,5)6)27-29-21-16-14-17-22-29/h14-19,21-24,28,31-33H,10-13,20,25-27H2,1-9H3,(H,40,43)(H,41,46). The van der Waals surface area contributed by atoms with Gasteiger partial charge >= 0.3 is 12.1 Å². The number of alkyl carbamates (subject to hydrolysis) is 1. The van der Waals surface area contributed by atoms with Crippen LogP contribution in [0.3, 0.4) is 0 Å². The molecule has 9 heteroatoms. The third-order valence-electron chi connectivity index (χ3n) is 7.45. The zero-order valence-corrected chi connectivity index (χ0v) is 30.6. The molecule has 0 bridgehead atoms. The molecule has 2 N–H and O–H groups in total. The number of carbonyl (C=O) groups is 4. The summed E-state index contributed by atoms with van der Waals surface area (Å²) in [6, 6.07) is 15.5. The Labute approximate surface area is 288 Å². The Kier molecular flexibility index (Phi) is 16.1. The van der Waals surface area contributed by atoms with E-state index >= 15 is 0 Å². The number of nitrogens with one attached hydrogen (secondary N) is 2. The number of nitrogens with zero attached hydrogens (tertiary/aromatic N) is 1. The highest BCUT2D eigenvalue weighted by Crippen LogP contribution is 2.26. The lowest BCUT2D eigenvalue weighted by Crippen LogP contribution is -2.55. The van der Waals surface area contributed by atoms with E-state index in [0.717, 1.165) is 31.2 Å². The van der Waals surface area contributed by atoms with Gasteiger partial charge in [0.05, 0.1) is 0 Å². The number of rotatable bonds is 17. The van der Waals surface area contributed by atoms with Gasteiger partial charge in [-0.2, -0.15) is 0 Å². The molecule has 0 aliphatic rings. The van der Waals surface area contributed by atoms with Crippen LogP contribution in [0.5, 0.6) is 0 Å². The molecule has 0 saturated carbocycles. The lowest BCUT2D eigenvalue weighted by Gasteiger charge is -2.36.